The zero-order valence-electron chi connectivity index (χ0n) is 15.8. The lowest BCUT2D eigenvalue weighted by Crippen LogP contribution is -2.29. The van der Waals surface area contributed by atoms with Crippen LogP contribution in [0.2, 0.25) is 0 Å². The van der Waals surface area contributed by atoms with Gasteiger partial charge in [-0.3, -0.25) is 0 Å². The molecule has 2 aliphatic heterocycles. The van der Waals surface area contributed by atoms with Crippen LogP contribution in [0.3, 0.4) is 0 Å². The molecule has 166 valence electrons. The highest BCUT2D eigenvalue weighted by Crippen LogP contribution is 2.33. The van der Waals surface area contributed by atoms with Gasteiger partial charge in [-0.05, 0) is 29.2 Å². The molecule has 0 radical (unpaired) electrons. The summed E-state index contributed by atoms with van der Waals surface area (Å²) in [6.07, 6.45) is -0.574. The van der Waals surface area contributed by atoms with Gasteiger partial charge in [-0.2, -0.15) is 0 Å². The first kappa shape index (κ1) is 26.0. The fourth-order valence-corrected chi connectivity index (χ4v) is 5.22. The van der Waals surface area contributed by atoms with Gasteiger partial charge in [0.2, 0.25) is 0 Å². The van der Waals surface area contributed by atoms with E-state index in [0.717, 1.165) is 26.0 Å². The van der Waals surface area contributed by atoms with Gasteiger partial charge < -0.3 is 14.5 Å². The molecular weight excluding hydrogens is 482 g/mol. The summed E-state index contributed by atoms with van der Waals surface area (Å²) < 4.78 is 0. The van der Waals surface area contributed by atoms with E-state index in [1.807, 2.05) is 6.92 Å². The zero-order chi connectivity index (χ0) is 22.8. The number of nitrogens with zero attached hydrogens (tertiary/aromatic N) is 3. The molecule has 2 heterocycles. The third-order valence-electron chi connectivity index (χ3n) is 3.71. The van der Waals surface area contributed by atoms with Crippen LogP contribution in [-0.4, -0.2) is 55.8 Å². The maximum Gasteiger partial charge on any atom is 0.295 e. The average Bonchev–Trinajstić information content (AvgIpc) is 3.14. The highest BCUT2D eigenvalue weighted by atomic mass is 32.2. The zero-order valence-corrected chi connectivity index (χ0v) is 19.0. The maximum absolute atomic E-state index is 10.3. The van der Waals surface area contributed by atoms with Crippen molar-refractivity contribution >= 4 is 57.7 Å². The Kier molecular flexibility index (Phi) is 10.9. The Morgan fingerprint density at radius 1 is 0.967 bits per heavy atom. The van der Waals surface area contributed by atoms with Gasteiger partial charge in [0.15, 0.2) is 6.10 Å². The molecule has 0 aromatic heterocycles. The van der Waals surface area contributed by atoms with E-state index in [9.17, 15) is 30.3 Å². The minimum atomic E-state index is -1.15. The number of thiocarbonyl (C=S) groups is 2. The third-order valence-corrected chi connectivity index (χ3v) is 7.26. The molecule has 2 rings (SSSR count). The SMILES string of the molecule is CC1=C(C(CO[N+](=O)[O-])O[N+](=O)[O-])C(=S)CS1.CC1=C(CCO[N+](=O)[O-])SCC1=S. The topological polar surface area (TPSA) is 157 Å². The van der Waals surface area contributed by atoms with E-state index < -0.39 is 28.0 Å². The Balaban J connectivity index is 0.000000311. The van der Waals surface area contributed by atoms with Crippen LogP contribution in [0.5, 0.6) is 0 Å². The van der Waals surface area contributed by atoms with Crippen molar-refractivity contribution in [3.63, 3.8) is 0 Å². The predicted molar refractivity (Wildman–Crippen MR) is 118 cm³/mol. The van der Waals surface area contributed by atoms with Gasteiger partial charge in [0.1, 0.15) is 13.2 Å². The van der Waals surface area contributed by atoms with E-state index in [2.05, 4.69) is 14.5 Å². The van der Waals surface area contributed by atoms with E-state index in [4.69, 9.17) is 24.4 Å². The van der Waals surface area contributed by atoms with Gasteiger partial charge >= 0.3 is 0 Å². The molecule has 0 bridgehead atoms. The minimum Gasteiger partial charge on any atom is -0.314 e. The fourth-order valence-electron chi connectivity index (χ4n) is 2.33. The molecule has 12 nitrogen and oxygen atoms in total. The molecule has 0 N–H and O–H groups in total. The Morgan fingerprint density at radius 2 is 1.57 bits per heavy atom. The standard InChI is InChI=1S/C7H8N2O6S2.C7H9NO3S2/c1-4-7(6(16)3-17-4)5(15-9(12)13)2-14-8(10)11;1-5-6(12)4-13-7(5)2-3-11-8(9)10/h5H,2-3H2,1H3;2-4H2,1H3. The molecule has 2 aliphatic rings. The molecule has 30 heavy (non-hydrogen) atoms. The third kappa shape index (κ3) is 8.76. The van der Waals surface area contributed by atoms with Crippen LogP contribution in [0.25, 0.3) is 0 Å². The van der Waals surface area contributed by atoms with Crippen LogP contribution in [0.15, 0.2) is 21.0 Å². The highest BCUT2D eigenvalue weighted by Gasteiger charge is 2.29. The molecule has 0 spiro atoms. The lowest BCUT2D eigenvalue weighted by atomic mass is 10.1. The normalized spacial score (nSPS) is 16.7. The number of rotatable bonds is 10. The van der Waals surface area contributed by atoms with Gasteiger partial charge in [-0.1, -0.05) is 24.4 Å². The molecule has 0 fully saturated rings. The lowest BCUT2D eigenvalue weighted by Gasteiger charge is -2.15. The quantitative estimate of drug-likeness (QED) is 0.245. The summed E-state index contributed by atoms with van der Waals surface area (Å²) in [5.41, 5.74) is 1.52. The van der Waals surface area contributed by atoms with Crippen molar-refractivity contribution in [2.45, 2.75) is 26.4 Å². The van der Waals surface area contributed by atoms with Crippen LogP contribution in [0, 0.1) is 30.3 Å². The van der Waals surface area contributed by atoms with Gasteiger partial charge in [0.05, 0.1) is 0 Å². The molecule has 1 unspecified atom stereocenters. The van der Waals surface area contributed by atoms with Crippen LogP contribution in [-0.2, 0) is 14.5 Å². The van der Waals surface area contributed by atoms with Crippen LogP contribution in [0.4, 0.5) is 0 Å². The Bertz CT molecular complexity index is 800. The Morgan fingerprint density at radius 3 is 2.00 bits per heavy atom. The van der Waals surface area contributed by atoms with E-state index in [1.54, 1.807) is 18.7 Å². The second kappa shape index (κ2) is 12.6. The van der Waals surface area contributed by atoms with Crippen molar-refractivity contribution in [1.29, 1.82) is 0 Å². The molecule has 0 saturated carbocycles. The van der Waals surface area contributed by atoms with Crippen molar-refractivity contribution in [3.8, 4) is 0 Å². The number of thioether (sulfide) groups is 2. The summed E-state index contributed by atoms with van der Waals surface area (Å²) in [6, 6.07) is 0. The summed E-state index contributed by atoms with van der Waals surface area (Å²) in [7, 11) is 0. The molecule has 0 aliphatic carbocycles. The fraction of sp³-hybridized carbons (Fsp3) is 0.571. The first-order valence-corrected chi connectivity index (χ1v) is 10.9. The second-order valence-corrected chi connectivity index (χ2v) is 8.83. The van der Waals surface area contributed by atoms with Gasteiger partial charge in [0, 0.05) is 33.2 Å². The van der Waals surface area contributed by atoms with Gasteiger partial charge in [-0.15, -0.1) is 53.9 Å². The number of hydrogen-bond donors (Lipinski definition) is 0. The summed E-state index contributed by atoms with van der Waals surface area (Å²) in [6.45, 7) is 3.24. The van der Waals surface area contributed by atoms with Gasteiger partial charge in [-0.25, -0.2) is 0 Å². The average molecular weight is 500 g/mol. The highest BCUT2D eigenvalue weighted by molar-refractivity contribution is 8.05. The molecule has 0 amide bonds. The number of allylic oxidation sites excluding steroid dienone is 2. The molecule has 0 saturated heterocycles. The van der Waals surface area contributed by atoms with Crippen molar-refractivity contribution in [2.24, 2.45) is 0 Å². The summed E-state index contributed by atoms with van der Waals surface area (Å²) in [5.74, 6) is 1.35. The largest absolute Gasteiger partial charge is 0.314 e. The molecule has 0 aromatic carbocycles. The maximum atomic E-state index is 10.3. The molecule has 1 atom stereocenters. The van der Waals surface area contributed by atoms with Crippen LogP contribution in [0.1, 0.15) is 20.3 Å². The summed E-state index contributed by atoms with van der Waals surface area (Å²) in [4.78, 5) is 46.2. The molecule has 0 aromatic rings. The van der Waals surface area contributed by atoms with Crippen LogP contribution >= 0.6 is 48.0 Å². The van der Waals surface area contributed by atoms with Crippen LogP contribution < -0.4 is 0 Å². The first-order valence-electron chi connectivity index (χ1n) is 8.11. The van der Waals surface area contributed by atoms with E-state index in [-0.39, 0.29) is 6.61 Å². The van der Waals surface area contributed by atoms with E-state index in [0.29, 0.717) is 22.6 Å². The molecular formula is C14H17N3O9S4. The molecule has 16 heteroatoms. The van der Waals surface area contributed by atoms with E-state index in [1.165, 1.54) is 11.8 Å². The number of hydrogen-bond acceptors (Lipinski definition) is 13. The smallest absolute Gasteiger partial charge is 0.295 e. The van der Waals surface area contributed by atoms with Crippen molar-refractivity contribution in [1.82, 2.24) is 0 Å². The second-order valence-electron chi connectivity index (χ2n) is 5.59. The minimum absolute atomic E-state index is 0.120. The lowest BCUT2D eigenvalue weighted by molar-refractivity contribution is -0.787. The summed E-state index contributed by atoms with van der Waals surface area (Å²) in [5, 5.41) is 27.4. The first-order chi connectivity index (χ1) is 14.0. The predicted octanol–water partition coefficient (Wildman–Crippen LogP) is 3.14. The Hall–Kier alpha value is -2.04. The van der Waals surface area contributed by atoms with E-state index >= 15 is 0 Å². The summed E-state index contributed by atoms with van der Waals surface area (Å²) >= 11 is 13.1. The van der Waals surface area contributed by atoms with Crippen molar-refractivity contribution in [2.75, 3.05) is 24.7 Å². The van der Waals surface area contributed by atoms with Crippen molar-refractivity contribution < 1.29 is 29.8 Å². The Labute approximate surface area is 189 Å². The van der Waals surface area contributed by atoms with Gasteiger partial charge in [0.25, 0.3) is 15.3 Å². The monoisotopic (exact) mass is 499 g/mol. The van der Waals surface area contributed by atoms with Crippen molar-refractivity contribution in [3.05, 3.63) is 51.3 Å².